The largest absolute Gasteiger partial charge is 0.309 e. The number of fused-ring (bicyclic) bond motifs is 4. The summed E-state index contributed by atoms with van der Waals surface area (Å²) >= 11 is 0. The summed E-state index contributed by atoms with van der Waals surface area (Å²) in [4.78, 5) is 0. The van der Waals surface area contributed by atoms with Gasteiger partial charge in [-0.25, -0.2) is 0 Å². The first-order valence-electron chi connectivity index (χ1n) is 14.7. The Kier molecular flexibility index (Phi) is 4.26. The molecule has 9 rings (SSSR count). The summed E-state index contributed by atoms with van der Waals surface area (Å²) in [5, 5.41) is 5.20. The molecule has 0 aliphatic heterocycles. The highest BCUT2D eigenvalue weighted by Gasteiger charge is 2.48. The molecule has 1 heterocycles. The lowest BCUT2D eigenvalue weighted by Crippen LogP contribution is -2.22. The van der Waals surface area contributed by atoms with Crippen molar-refractivity contribution in [3.05, 3.63) is 138 Å². The van der Waals surface area contributed by atoms with Crippen molar-refractivity contribution < 1.29 is 0 Å². The van der Waals surface area contributed by atoms with E-state index < -0.39 is 0 Å². The topological polar surface area (TPSA) is 4.93 Å². The second-order valence-corrected chi connectivity index (χ2v) is 13.0. The molecule has 41 heavy (non-hydrogen) atoms. The van der Waals surface area contributed by atoms with E-state index in [0.29, 0.717) is 0 Å². The van der Waals surface area contributed by atoms with Gasteiger partial charge in [-0.1, -0.05) is 100 Å². The van der Waals surface area contributed by atoms with E-state index in [4.69, 9.17) is 0 Å². The van der Waals surface area contributed by atoms with E-state index in [1.165, 1.54) is 82.8 Å². The summed E-state index contributed by atoms with van der Waals surface area (Å²) < 4.78 is 2.48. The van der Waals surface area contributed by atoms with Gasteiger partial charge in [0, 0.05) is 27.3 Å². The zero-order chi connectivity index (χ0) is 27.7. The van der Waals surface area contributed by atoms with Gasteiger partial charge in [-0.15, -0.1) is 0 Å². The Morgan fingerprint density at radius 3 is 1.51 bits per heavy atom. The number of benzene rings is 6. The van der Waals surface area contributed by atoms with Crippen LogP contribution in [0.3, 0.4) is 0 Å². The molecule has 1 aromatic heterocycles. The molecule has 0 unspecified atom stereocenters. The molecular weight excluding hydrogens is 494 g/mol. The lowest BCUT2D eigenvalue weighted by molar-refractivity contribution is 0.629. The SMILES string of the molecule is CC1(C)c2cc(-c3ccc4ccccc4c3)cc3c2-c2c1cc(-n1c4ccccc4c4ccccc41)cc2C3(C)C. The minimum Gasteiger partial charge on any atom is -0.309 e. The highest BCUT2D eigenvalue weighted by Crippen LogP contribution is 2.61. The Balaban J connectivity index is 1.31. The van der Waals surface area contributed by atoms with E-state index in [-0.39, 0.29) is 10.8 Å². The predicted molar refractivity (Wildman–Crippen MR) is 173 cm³/mol. The quantitative estimate of drug-likeness (QED) is 0.212. The zero-order valence-corrected chi connectivity index (χ0v) is 23.9. The van der Waals surface area contributed by atoms with Crippen molar-refractivity contribution in [3.63, 3.8) is 0 Å². The van der Waals surface area contributed by atoms with Gasteiger partial charge in [0.2, 0.25) is 0 Å². The van der Waals surface area contributed by atoms with Crippen LogP contribution in [0.5, 0.6) is 0 Å². The van der Waals surface area contributed by atoms with Crippen molar-refractivity contribution >= 4 is 32.6 Å². The summed E-state index contributed by atoms with van der Waals surface area (Å²) in [6.07, 6.45) is 0. The van der Waals surface area contributed by atoms with Crippen LogP contribution in [-0.2, 0) is 10.8 Å². The molecule has 0 bridgehead atoms. The Bertz CT molecular complexity index is 2140. The van der Waals surface area contributed by atoms with Crippen molar-refractivity contribution in [1.29, 1.82) is 0 Å². The summed E-state index contributed by atoms with van der Waals surface area (Å²) in [7, 11) is 0. The molecule has 2 aliphatic rings. The van der Waals surface area contributed by atoms with Crippen LogP contribution in [0.15, 0.2) is 115 Å². The van der Waals surface area contributed by atoms with Gasteiger partial charge in [0.15, 0.2) is 0 Å². The molecule has 1 heteroatoms. The normalized spacial score (nSPS) is 15.7. The maximum absolute atomic E-state index is 2.48. The van der Waals surface area contributed by atoms with Crippen molar-refractivity contribution in [2.45, 2.75) is 38.5 Å². The van der Waals surface area contributed by atoms with Gasteiger partial charge in [0.25, 0.3) is 0 Å². The van der Waals surface area contributed by atoms with Crippen LogP contribution < -0.4 is 0 Å². The Morgan fingerprint density at radius 2 is 0.927 bits per heavy atom. The number of rotatable bonds is 2. The average molecular weight is 526 g/mol. The number of para-hydroxylation sites is 2. The van der Waals surface area contributed by atoms with Crippen LogP contribution in [0.1, 0.15) is 49.9 Å². The van der Waals surface area contributed by atoms with E-state index in [0.717, 1.165) is 0 Å². The third-order valence-electron chi connectivity index (χ3n) is 10.1. The van der Waals surface area contributed by atoms with E-state index in [9.17, 15) is 0 Å². The van der Waals surface area contributed by atoms with Crippen molar-refractivity contribution in [3.8, 4) is 27.9 Å². The predicted octanol–water partition coefficient (Wildman–Crippen LogP) is 10.5. The fourth-order valence-electron chi connectivity index (χ4n) is 7.93. The first-order chi connectivity index (χ1) is 19.8. The van der Waals surface area contributed by atoms with Gasteiger partial charge in [-0.3, -0.25) is 0 Å². The van der Waals surface area contributed by atoms with Crippen LogP contribution in [0.2, 0.25) is 0 Å². The van der Waals surface area contributed by atoms with Crippen molar-refractivity contribution in [2.24, 2.45) is 0 Å². The molecule has 0 spiro atoms. The van der Waals surface area contributed by atoms with Crippen molar-refractivity contribution in [2.75, 3.05) is 0 Å². The monoisotopic (exact) mass is 525 g/mol. The van der Waals surface area contributed by atoms with Crippen LogP contribution in [0.25, 0.3) is 60.5 Å². The average Bonchev–Trinajstić information content (AvgIpc) is 3.53. The minimum atomic E-state index is -0.0910. The van der Waals surface area contributed by atoms with Gasteiger partial charge in [-0.05, 0) is 97.7 Å². The number of aromatic nitrogens is 1. The third kappa shape index (κ3) is 2.86. The van der Waals surface area contributed by atoms with Gasteiger partial charge in [-0.2, -0.15) is 0 Å². The van der Waals surface area contributed by atoms with Gasteiger partial charge >= 0.3 is 0 Å². The van der Waals surface area contributed by atoms with Crippen LogP contribution >= 0.6 is 0 Å². The molecule has 0 amide bonds. The molecule has 6 aromatic carbocycles. The molecule has 0 saturated heterocycles. The van der Waals surface area contributed by atoms with Gasteiger partial charge in [0.1, 0.15) is 0 Å². The fraction of sp³-hybridized carbons (Fsp3) is 0.150. The van der Waals surface area contributed by atoms with E-state index in [1.807, 2.05) is 0 Å². The number of hydrogen-bond donors (Lipinski definition) is 0. The molecule has 2 aliphatic carbocycles. The van der Waals surface area contributed by atoms with Crippen LogP contribution in [0, 0.1) is 0 Å². The molecule has 0 atom stereocenters. The second kappa shape index (κ2) is 7.56. The van der Waals surface area contributed by atoms with E-state index >= 15 is 0 Å². The molecule has 196 valence electrons. The molecule has 0 N–H and O–H groups in total. The maximum atomic E-state index is 2.48. The highest BCUT2D eigenvalue weighted by molar-refractivity contribution is 6.09. The maximum Gasteiger partial charge on any atom is 0.0541 e. The molecule has 0 fully saturated rings. The number of hydrogen-bond acceptors (Lipinski definition) is 0. The Morgan fingerprint density at radius 1 is 0.439 bits per heavy atom. The van der Waals surface area contributed by atoms with Gasteiger partial charge < -0.3 is 4.57 Å². The molecule has 7 aromatic rings. The first kappa shape index (κ1) is 23.1. The second-order valence-electron chi connectivity index (χ2n) is 13.0. The Labute approximate surface area is 240 Å². The smallest absolute Gasteiger partial charge is 0.0541 e. The van der Waals surface area contributed by atoms with Crippen molar-refractivity contribution in [1.82, 2.24) is 4.57 Å². The zero-order valence-electron chi connectivity index (χ0n) is 23.9. The Hall–Kier alpha value is -4.62. The standard InChI is InChI=1S/C40H31N/c1-39(2)31-20-27(26-18-17-24-11-5-6-12-25(24)19-26)21-32-37(31)38-33(39)22-28(23-34(38)40(32,3)4)41-35-15-9-7-13-29(35)30-14-8-10-16-36(30)41/h5-23H,1-4H3. The first-order valence-corrected chi connectivity index (χ1v) is 14.7. The lowest BCUT2D eigenvalue weighted by Gasteiger charge is -2.30. The summed E-state index contributed by atoms with van der Waals surface area (Å²) in [5.74, 6) is 0. The lowest BCUT2D eigenvalue weighted by atomic mass is 9.74. The van der Waals surface area contributed by atoms with Crippen LogP contribution in [0.4, 0.5) is 0 Å². The van der Waals surface area contributed by atoms with E-state index in [1.54, 1.807) is 0 Å². The van der Waals surface area contributed by atoms with Gasteiger partial charge in [0.05, 0.1) is 11.0 Å². The van der Waals surface area contributed by atoms with E-state index in [2.05, 4.69) is 148 Å². The third-order valence-corrected chi connectivity index (χ3v) is 10.1. The summed E-state index contributed by atoms with van der Waals surface area (Å²) in [5.41, 5.74) is 15.0. The molecular formula is C40H31N. The fourth-order valence-corrected chi connectivity index (χ4v) is 7.93. The summed E-state index contributed by atoms with van der Waals surface area (Å²) in [6, 6.07) is 43.2. The highest BCUT2D eigenvalue weighted by atomic mass is 15.0. The minimum absolute atomic E-state index is 0.0910. The summed E-state index contributed by atoms with van der Waals surface area (Å²) in [6.45, 7) is 9.68. The molecule has 1 nitrogen and oxygen atoms in total. The number of nitrogens with zero attached hydrogens (tertiary/aromatic N) is 1. The van der Waals surface area contributed by atoms with Crippen LogP contribution in [-0.4, -0.2) is 4.57 Å². The molecule has 0 radical (unpaired) electrons. The molecule has 0 saturated carbocycles.